The van der Waals surface area contributed by atoms with Gasteiger partial charge in [0, 0.05) is 30.7 Å². The Kier molecular flexibility index (Phi) is 7.34. The second-order valence-corrected chi connectivity index (χ2v) is 10.6. The Morgan fingerprint density at radius 2 is 1.97 bits per heavy atom. The lowest BCUT2D eigenvalue weighted by atomic mass is 9.83. The quantitative estimate of drug-likeness (QED) is 0.285. The number of methoxy groups -OCH3 is 1. The van der Waals surface area contributed by atoms with Crippen LogP contribution in [0, 0.1) is 0 Å². The molecule has 1 aliphatic carbocycles. The highest BCUT2D eigenvalue weighted by Gasteiger charge is 2.38. The van der Waals surface area contributed by atoms with Gasteiger partial charge in [0.2, 0.25) is 5.91 Å². The smallest absolute Gasteiger partial charge is 0.264 e. The number of nitrogens with zero attached hydrogens (tertiary/aromatic N) is 2. The van der Waals surface area contributed by atoms with Crippen LogP contribution in [-0.4, -0.2) is 56.9 Å². The van der Waals surface area contributed by atoms with Crippen LogP contribution in [0.2, 0.25) is 0 Å². The summed E-state index contributed by atoms with van der Waals surface area (Å²) in [5, 5.41) is 0.946. The van der Waals surface area contributed by atoms with E-state index in [9.17, 15) is 13.2 Å². The van der Waals surface area contributed by atoms with Crippen LogP contribution in [0.4, 0.5) is 0 Å². The number of likely N-dealkylation sites (N-methyl/N-ethyl adjacent to an activating group) is 1. The van der Waals surface area contributed by atoms with Crippen molar-refractivity contribution >= 4 is 49.5 Å². The van der Waals surface area contributed by atoms with Gasteiger partial charge in [-0.2, -0.15) is 8.42 Å². The molecule has 1 amide bonds. The SMILES string of the molecule is CCN(CC)C(=O)C1CCC(I)c2c1c1c(OC)cccc1n2CCOS(C)(=O)=O. The lowest BCUT2D eigenvalue weighted by Crippen LogP contribution is -2.36. The fourth-order valence-corrected chi connectivity index (χ4v) is 5.81. The van der Waals surface area contributed by atoms with E-state index in [0.717, 1.165) is 47.0 Å². The van der Waals surface area contributed by atoms with E-state index in [1.807, 2.05) is 36.9 Å². The molecular formula is C21H29IN2O5S. The fourth-order valence-electron chi connectivity index (χ4n) is 4.40. The maximum atomic E-state index is 13.4. The number of halogens is 1. The number of rotatable bonds is 8. The standard InChI is InChI=1S/C21H29IN2O5S/c1-5-23(6-2)21(25)14-10-11-15(22)20-18(14)19-16(8-7-9-17(19)28-3)24(20)12-13-29-30(4,26)27/h7-9,14-15H,5-6,10-13H2,1-4H3. The Bertz CT molecular complexity index is 1030. The zero-order chi connectivity index (χ0) is 22.1. The van der Waals surface area contributed by atoms with E-state index < -0.39 is 10.1 Å². The van der Waals surface area contributed by atoms with E-state index in [2.05, 4.69) is 27.2 Å². The number of alkyl halides is 1. The third-order valence-electron chi connectivity index (χ3n) is 5.69. The zero-order valence-electron chi connectivity index (χ0n) is 17.9. The van der Waals surface area contributed by atoms with Crippen LogP contribution < -0.4 is 4.74 Å². The maximum absolute atomic E-state index is 13.4. The molecule has 0 saturated heterocycles. The lowest BCUT2D eigenvalue weighted by molar-refractivity contribution is -0.132. The van der Waals surface area contributed by atoms with Gasteiger partial charge in [-0.15, -0.1) is 0 Å². The van der Waals surface area contributed by atoms with Gasteiger partial charge in [-0.25, -0.2) is 0 Å². The van der Waals surface area contributed by atoms with Crippen LogP contribution in [0.25, 0.3) is 10.9 Å². The lowest BCUT2D eigenvalue weighted by Gasteiger charge is -2.31. The third kappa shape index (κ3) is 4.47. The van der Waals surface area contributed by atoms with E-state index >= 15 is 0 Å². The van der Waals surface area contributed by atoms with E-state index in [1.54, 1.807) is 7.11 Å². The van der Waals surface area contributed by atoms with Crippen molar-refractivity contribution in [3.8, 4) is 5.75 Å². The zero-order valence-corrected chi connectivity index (χ0v) is 20.8. The summed E-state index contributed by atoms with van der Waals surface area (Å²) < 4.78 is 35.9. The molecule has 1 aliphatic rings. The Morgan fingerprint density at radius 3 is 2.57 bits per heavy atom. The largest absolute Gasteiger partial charge is 0.496 e. The molecule has 0 fully saturated rings. The number of aromatic nitrogens is 1. The molecule has 0 spiro atoms. The summed E-state index contributed by atoms with van der Waals surface area (Å²) in [7, 11) is -1.89. The average molecular weight is 548 g/mol. The monoisotopic (exact) mass is 548 g/mol. The minimum Gasteiger partial charge on any atom is -0.496 e. The molecular weight excluding hydrogens is 519 g/mol. The Hall–Kier alpha value is -1.33. The third-order valence-corrected chi connectivity index (χ3v) is 7.50. The van der Waals surface area contributed by atoms with Crippen LogP contribution in [0.15, 0.2) is 18.2 Å². The fraction of sp³-hybridized carbons (Fsp3) is 0.571. The average Bonchev–Trinajstić information content (AvgIpc) is 3.04. The first-order valence-electron chi connectivity index (χ1n) is 10.2. The van der Waals surface area contributed by atoms with Gasteiger partial charge in [0.15, 0.2) is 0 Å². The van der Waals surface area contributed by atoms with Crippen molar-refractivity contribution in [2.75, 3.05) is 33.1 Å². The summed E-state index contributed by atoms with van der Waals surface area (Å²) >= 11 is 2.42. The van der Waals surface area contributed by atoms with Gasteiger partial charge < -0.3 is 14.2 Å². The molecule has 2 unspecified atom stereocenters. The molecule has 2 atom stereocenters. The maximum Gasteiger partial charge on any atom is 0.264 e. The van der Waals surface area contributed by atoms with Crippen LogP contribution in [0.3, 0.4) is 0 Å². The molecule has 0 bridgehead atoms. The molecule has 166 valence electrons. The van der Waals surface area contributed by atoms with Crippen molar-refractivity contribution in [2.45, 2.75) is 43.1 Å². The van der Waals surface area contributed by atoms with E-state index in [-0.39, 0.29) is 22.4 Å². The number of amides is 1. The first-order valence-corrected chi connectivity index (χ1v) is 13.3. The van der Waals surface area contributed by atoms with Gasteiger partial charge in [-0.05, 0) is 44.4 Å². The summed E-state index contributed by atoms with van der Waals surface area (Å²) in [4.78, 5) is 15.3. The highest BCUT2D eigenvalue weighted by Crippen LogP contribution is 2.49. The summed E-state index contributed by atoms with van der Waals surface area (Å²) in [5.74, 6) is 0.637. The normalized spacial score (nSPS) is 19.0. The predicted molar refractivity (Wildman–Crippen MR) is 126 cm³/mol. The molecule has 9 heteroatoms. The minimum atomic E-state index is -3.52. The van der Waals surface area contributed by atoms with Gasteiger partial charge in [-0.1, -0.05) is 28.7 Å². The van der Waals surface area contributed by atoms with Crippen molar-refractivity contribution in [2.24, 2.45) is 0 Å². The molecule has 30 heavy (non-hydrogen) atoms. The number of hydrogen-bond donors (Lipinski definition) is 0. The summed E-state index contributed by atoms with van der Waals surface area (Å²) in [5.41, 5.74) is 3.03. The van der Waals surface area contributed by atoms with Gasteiger partial charge in [-0.3, -0.25) is 8.98 Å². The van der Waals surface area contributed by atoms with Gasteiger partial charge >= 0.3 is 0 Å². The number of ether oxygens (including phenoxy) is 1. The first kappa shape index (κ1) is 23.3. The highest BCUT2D eigenvalue weighted by atomic mass is 127. The topological polar surface area (TPSA) is 77.8 Å². The summed E-state index contributed by atoms with van der Waals surface area (Å²) in [6.45, 7) is 5.78. The van der Waals surface area contributed by atoms with Crippen LogP contribution in [0.1, 0.15) is 47.8 Å². The van der Waals surface area contributed by atoms with Gasteiger partial charge in [0.25, 0.3) is 10.1 Å². The van der Waals surface area contributed by atoms with Gasteiger partial charge in [0.1, 0.15) is 5.75 Å². The predicted octanol–water partition coefficient (Wildman–Crippen LogP) is 3.85. The number of hydrogen-bond acceptors (Lipinski definition) is 5. The molecule has 0 N–H and O–H groups in total. The van der Waals surface area contributed by atoms with E-state index in [1.165, 1.54) is 0 Å². The van der Waals surface area contributed by atoms with Crippen LogP contribution in [0.5, 0.6) is 5.75 Å². The van der Waals surface area contributed by atoms with Crippen molar-refractivity contribution < 1.29 is 22.1 Å². The van der Waals surface area contributed by atoms with E-state index in [0.29, 0.717) is 19.6 Å². The second kappa shape index (κ2) is 9.44. The van der Waals surface area contributed by atoms with Crippen molar-refractivity contribution in [3.05, 3.63) is 29.5 Å². The van der Waals surface area contributed by atoms with E-state index in [4.69, 9.17) is 8.92 Å². The Labute approximate surface area is 192 Å². The minimum absolute atomic E-state index is 0.0459. The van der Waals surface area contributed by atoms with Crippen molar-refractivity contribution in [3.63, 3.8) is 0 Å². The molecule has 1 aromatic heterocycles. The number of fused-ring (bicyclic) bond motifs is 3. The number of benzene rings is 1. The molecule has 0 saturated carbocycles. The molecule has 7 nitrogen and oxygen atoms in total. The molecule has 1 aromatic carbocycles. The van der Waals surface area contributed by atoms with Crippen LogP contribution >= 0.6 is 22.6 Å². The molecule has 2 aromatic rings. The second-order valence-electron chi connectivity index (χ2n) is 7.44. The molecule has 3 rings (SSSR count). The molecule has 0 radical (unpaired) electrons. The van der Waals surface area contributed by atoms with Crippen molar-refractivity contribution in [1.29, 1.82) is 0 Å². The summed E-state index contributed by atoms with van der Waals surface area (Å²) in [6, 6.07) is 5.83. The Morgan fingerprint density at radius 1 is 1.27 bits per heavy atom. The number of carbonyl (C=O) groups is 1. The highest BCUT2D eigenvalue weighted by molar-refractivity contribution is 14.1. The summed E-state index contributed by atoms with van der Waals surface area (Å²) in [6.07, 6.45) is 2.73. The van der Waals surface area contributed by atoms with Crippen LogP contribution in [-0.2, 0) is 25.6 Å². The molecule has 0 aliphatic heterocycles. The number of carbonyl (C=O) groups excluding carboxylic acids is 1. The van der Waals surface area contributed by atoms with Crippen molar-refractivity contribution in [1.82, 2.24) is 9.47 Å². The Balaban J connectivity index is 2.19. The molecule has 1 heterocycles. The van der Waals surface area contributed by atoms with Gasteiger partial charge in [0.05, 0.1) is 35.3 Å². The first-order chi connectivity index (χ1) is 14.2.